The van der Waals surface area contributed by atoms with Gasteiger partial charge in [0.2, 0.25) is 6.33 Å². The molecule has 1 N–H and O–H groups in total. The Hall–Kier alpha value is -0.310. The average molecular weight is 233 g/mol. The lowest BCUT2D eigenvalue weighted by Gasteiger charge is -1.95. The summed E-state index contributed by atoms with van der Waals surface area (Å²) in [4.78, 5) is 3.03. The standard InChI is InChI=1S/C9H16N2.BrH/c1-2-3-4-5-7-11-8-6-10-9-11;/h6,8-9H,2-5,7H2,1H3;1H. The number of unbranched alkanes of at least 4 members (excludes halogenated alkanes) is 3. The average Bonchev–Trinajstić information content (AvgIpc) is 2.50. The highest BCUT2D eigenvalue weighted by Gasteiger charge is 1.94. The van der Waals surface area contributed by atoms with Gasteiger partial charge in [-0.25, -0.2) is 4.57 Å². The third kappa shape index (κ3) is 4.54. The zero-order valence-corrected chi connectivity index (χ0v) is 9.18. The molecule has 12 heavy (non-hydrogen) atoms. The summed E-state index contributed by atoms with van der Waals surface area (Å²) in [6.07, 6.45) is 11.4. The normalized spacial score (nSPS) is 9.42. The Kier molecular flexibility index (Phi) is 7.16. The Morgan fingerprint density at radius 1 is 1.25 bits per heavy atom. The molecule has 1 aromatic heterocycles. The molecule has 2 nitrogen and oxygen atoms in total. The lowest BCUT2D eigenvalue weighted by atomic mass is 10.2. The number of imidazole rings is 1. The van der Waals surface area contributed by atoms with Gasteiger partial charge in [-0.05, 0) is 12.8 Å². The second kappa shape index (κ2) is 7.35. The van der Waals surface area contributed by atoms with Gasteiger partial charge in [-0.1, -0.05) is 19.8 Å². The van der Waals surface area contributed by atoms with Crippen LogP contribution in [-0.4, -0.2) is 4.98 Å². The van der Waals surface area contributed by atoms with E-state index in [9.17, 15) is 0 Å². The Morgan fingerprint density at radius 2 is 2.08 bits per heavy atom. The molecule has 1 aromatic rings. The maximum absolute atomic E-state index is 3.03. The molecule has 0 atom stereocenters. The Bertz CT molecular complexity index is 173. The van der Waals surface area contributed by atoms with Crippen molar-refractivity contribution >= 4 is 0 Å². The van der Waals surface area contributed by atoms with E-state index in [1.54, 1.807) is 0 Å². The quantitative estimate of drug-likeness (QED) is 0.491. The van der Waals surface area contributed by atoms with Gasteiger partial charge in [0.05, 0.1) is 6.54 Å². The van der Waals surface area contributed by atoms with Crippen LogP contribution in [0.3, 0.4) is 0 Å². The van der Waals surface area contributed by atoms with Crippen molar-refractivity contribution in [1.82, 2.24) is 4.98 Å². The molecule has 0 spiro atoms. The number of aryl methyl sites for hydroxylation is 1. The van der Waals surface area contributed by atoms with Crippen LogP contribution in [0.1, 0.15) is 32.6 Å². The fourth-order valence-corrected chi connectivity index (χ4v) is 1.18. The number of aromatic amines is 1. The number of H-pyrrole nitrogens is 1. The number of hydrogen-bond donors (Lipinski definition) is 1. The van der Waals surface area contributed by atoms with Crippen molar-refractivity contribution in [1.29, 1.82) is 0 Å². The monoisotopic (exact) mass is 232 g/mol. The van der Waals surface area contributed by atoms with E-state index in [1.165, 1.54) is 25.7 Å². The zero-order chi connectivity index (χ0) is 7.94. The molecule has 1 rings (SSSR count). The van der Waals surface area contributed by atoms with Gasteiger partial charge >= 0.3 is 0 Å². The van der Waals surface area contributed by atoms with Crippen LogP contribution >= 0.6 is 0 Å². The summed E-state index contributed by atoms with van der Waals surface area (Å²) >= 11 is 0. The Morgan fingerprint density at radius 3 is 2.67 bits per heavy atom. The molecular weight excluding hydrogens is 216 g/mol. The molecule has 0 saturated heterocycles. The lowest BCUT2D eigenvalue weighted by Crippen LogP contribution is -3.00. The van der Waals surface area contributed by atoms with Crippen molar-refractivity contribution < 1.29 is 21.5 Å². The van der Waals surface area contributed by atoms with Crippen LogP contribution in [0.2, 0.25) is 0 Å². The van der Waals surface area contributed by atoms with Crippen LogP contribution < -0.4 is 21.5 Å². The Balaban J connectivity index is 0.00000121. The van der Waals surface area contributed by atoms with E-state index in [4.69, 9.17) is 0 Å². The molecule has 0 aliphatic carbocycles. The molecule has 0 aliphatic heterocycles. The van der Waals surface area contributed by atoms with E-state index in [2.05, 4.69) is 22.7 Å². The molecule has 0 saturated carbocycles. The maximum Gasteiger partial charge on any atom is 0.241 e. The molecule has 3 heteroatoms. The van der Waals surface area contributed by atoms with Crippen LogP contribution in [0.25, 0.3) is 0 Å². The minimum absolute atomic E-state index is 0. The van der Waals surface area contributed by atoms with E-state index in [1.807, 2.05) is 12.5 Å². The first-order chi connectivity index (χ1) is 5.43. The fourth-order valence-electron chi connectivity index (χ4n) is 1.18. The van der Waals surface area contributed by atoms with E-state index >= 15 is 0 Å². The molecule has 0 bridgehead atoms. The van der Waals surface area contributed by atoms with Gasteiger partial charge in [0.25, 0.3) is 0 Å². The van der Waals surface area contributed by atoms with Crippen molar-refractivity contribution in [3.05, 3.63) is 18.7 Å². The van der Waals surface area contributed by atoms with Gasteiger partial charge in [0.15, 0.2) is 0 Å². The minimum Gasteiger partial charge on any atom is -1.00 e. The first kappa shape index (κ1) is 11.7. The SMILES string of the molecule is CCCCCC[n+]1cc[nH]c1.[Br-]. The first-order valence-corrected chi connectivity index (χ1v) is 4.45. The molecule has 0 unspecified atom stereocenters. The number of halogens is 1. The predicted molar refractivity (Wildman–Crippen MR) is 45.1 cm³/mol. The lowest BCUT2D eigenvalue weighted by molar-refractivity contribution is -0.696. The first-order valence-electron chi connectivity index (χ1n) is 4.45. The summed E-state index contributed by atoms with van der Waals surface area (Å²) < 4.78 is 2.19. The van der Waals surface area contributed by atoms with Gasteiger partial charge in [0, 0.05) is 0 Å². The molecule has 0 fully saturated rings. The van der Waals surface area contributed by atoms with Gasteiger partial charge in [0.1, 0.15) is 12.4 Å². The number of nitrogens with one attached hydrogen (secondary N) is 1. The van der Waals surface area contributed by atoms with E-state index in [-0.39, 0.29) is 17.0 Å². The Labute approximate surface area is 84.8 Å². The molecule has 0 amide bonds. The number of hydrogen-bond acceptors (Lipinski definition) is 0. The summed E-state index contributed by atoms with van der Waals surface area (Å²) in [6.45, 7) is 3.40. The third-order valence-electron chi connectivity index (χ3n) is 1.87. The van der Waals surface area contributed by atoms with Crippen LogP contribution in [0.15, 0.2) is 18.7 Å². The van der Waals surface area contributed by atoms with Crippen molar-refractivity contribution in [2.75, 3.05) is 0 Å². The van der Waals surface area contributed by atoms with E-state index in [0.29, 0.717) is 0 Å². The van der Waals surface area contributed by atoms with Crippen LogP contribution in [-0.2, 0) is 6.54 Å². The molecule has 0 radical (unpaired) electrons. The molecular formula is C9H17BrN2. The predicted octanol–water partition coefficient (Wildman–Crippen LogP) is -1.11. The summed E-state index contributed by atoms with van der Waals surface area (Å²) in [5, 5.41) is 0. The van der Waals surface area contributed by atoms with Gasteiger partial charge in [-0.15, -0.1) is 0 Å². The topological polar surface area (TPSA) is 19.7 Å². The molecule has 1 heterocycles. The summed E-state index contributed by atoms with van der Waals surface area (Å²) in [7, 11) is 0. The maximum atomic E-state index is 3.03. The van der Waals surface area contributed by atoms with Crippen molar-refractivity contribution in [2.45, 2.75) is 39.2 Å². The minimum atomic E-state index is 0. The van der Waals surface area contributed by atoms with Crippen LogP contribution in [0.4, 0.5) is 0 Å². The number of aromatic nitrogens is 2. The third-order valence-corrected chi connectivity index (χ3v) is 1.87. The highest BCUT2D eigenvalue weighted by molar-refractivity contribution is 4.55. The van der Waals surface area contributed by atoms with E-state index in [0.717, 1.165) is 6.54 Å². The largest absolute Gasteiger partial charge is 1.00 e. The van der Waals surface area contributed by atoms with Crippen molar-refractivity contribution in [3.8, 4) is 0 Å². The summed E-state index contributed by atoms with van der Waals surface area (Å²) in [5.41, 5.74) is 0. The van der Waals surface area contributed by atoms with Crippen molar-refractivity contribution in [3.63, 3.8) is 0 Å². The van der Waals surface area contributed by atoms with E-state index < -0.39 is 0 Å². The zero-order valence-electron chi connectivity index (χ0n) is 7.59. The molecule has 0 aliphatic rings. The fraction of sp³-hybridized carbons (Fsp3) is 0.667. The van der Waals surface area contributed by atoms with Crippen LogP contribution in [0, 0.1) is 0 Å². The highest BCUT2D eigenvalue weighted by atomic mass is 79.9. The summed E-state index contributed by atoms with van der Waals surface area (Å²) in [5.74, 6) is 0. The van der Waals surface area contributed by atoms with Gasteiger partial charge in [-0.3, -0.25) is 4.98 Å². The van der Waals surface area contributed by atoms with Gasteiger partial charge < -0.3 is 17.0 Å². The van der Waals surface area contributed by atoms with Crippen LogP contribution in [0.5, 0.6) is 0 Å². The van der Waals surface area contributed by atoms with Crippen molar-refractivity contribution in [2.24, 2.45) is 0 Å². The highest BCUT2D eigenvalue weighted by Crippen LogP contribution is 1.97. The van der Waals surface area contributed by atoms with Gasteiger partial charge in [-0.2, -0.15) is 0 Å². The molecule has 0 aromatic carbocycles. The number of rotatable bonds is 5. The molecule has 70 valence electrons. The second-order valence-electron chi connectivity index (χ2n) is 2.91. The second-order valence-corrected chi connectivity index (χ2v) is 2.91. The number of nitrogens with zero attached hydrogens (tertiary/aromatic N) is 1. The smallest absolute Gasteiger partial charge is 0.241 e. The summed E-state index contributed by atoms with van der Waals surface area (Å²) in [6, 6.07) is 0.